The molecule has 1 N–H and O–H groups in total. The van der Waals surface area contributed by atoms with E-state index in [1.54, 1.807) is 0 Å². The normalized spacial score (nSPS) is 26.9. The fourth-order valence-electron chi connectivity index (χ4n) is 3.48. The van der Waals surface area contributed by atoms with Crippen LogP contribution < -0.4 is 0 Å². The van der Waals surface area contributed by atoms with E-state index in [0.717, 1.165) is 38.8 Å². The number of aliphatic hydroxyl groups is 1. The number of carbonyl (C=O) groups excluding carboxylic acids is 1. The topological polar surface area (TPSA) is 40.5 Å². The van der Waals surface area contributed by atoms with Gasteiger partial charge in [0.05, 0.1) is 5.60 Å². The molecule has 3 nitrogen and oxygen atoms in total. The summed E-state index contributed by atoms with van der Waals surface area (Å²) >= 11 is 0. The van der Waals surface area contributed by atoms with Gasteiger partial charge in [-0.05, 0) is 38.0 Å². The Morgan fingerprint density at radius 3 is 2.12 bits per heavy atom. The van der Waals surface area contributed by atoms with Crippen LogP contribution >= 0.6 is 0 Å². The zero-order chi connectivity index (χ0) is 12.0. The van der Waals surface area contributed by atoms with Crippen LogP contribution in [-0.2, 0) is 4.79 Å². The Morgan fingerprint density at radius 1 is 1.25 bits per heavy atom. The molecule has 2 fully saturated rings. The van der Waals surface area contributed by atoms with E-state index in [2.05, 4.69) is 0 Å². The van der Waals surface area contributed by atoms with Crippen molar-refractivity contribution in [2.45, 2.75) is 52.1 Å². The number of rotatable bonds is 1. The lowest BCUT2D eigenvalue weighted by molar-refractivity contribution is -0.151. The fraction of sp³-hybridized carbons (Fsp3) is 0.923. The van der Waals surface area contributed by atoms with E-state index < -0.39 is 5.60 Å². The van der Waals surface area contributed by atoms with Crippen LogP contribution in [0.25, 0.3) is 0 Å². The second kappa shape index (κ2) is 3.73. The summed E-state index contributed by atoms with van der Waals surface area (Å²) in [6.07, 6.45) is 3.98. The van der Waals surface area contributed by atoms with Crippen LogP contribution in [0.3, 0.4) is 0 Å². The van der Waals surface area contributed by atoms with Crippen LogP contribution in [0, 0.1) is 11.3 Å². The van der Waals surface area contributed by atoms with Crippen molar-refractivity contribution >= 4 is 5.91 Å². The molecule has 0 aromatic carbocycles. The molecule has 2 rings (SSSR count). The summed E-state index contributed by atoms with van der Waals surface area (Å²) in [5.41, 5.74) is -0.0957. The Balaban J connectivity index is 1.86. The number of carbonyl (C=O) groups is 1. The maximum Gasteiger partial charge on any atom is 0.225 e. The Hall–Kier alpha value is -0.570. The molecule has 1 heterocycles. The first kappa shape index (κ1) is 11.9. The summed E-state index contributed by atoms with van der Waals surface area (Å²) < 4.78 is 0. The molecular formula is C13H23NO2. The third-order valence-corrected chi connectivity index (χ3v) is 4.14. The average Bonchev–Trinajstić information content (AvgIpc) is 2.14. The SMILES string of the molecule is CC(C)C(=O)N1CCC2(CC1)CC(C)(O)C2. The smallest absolute Gasteiger partial charge is 0.225 e. The molecular weight excluding hydrogens is 202 g/mol. The van der Waals surface area contributed by atoms with Crippen molar-refractivity contribution in [3.63, 3.8) is 0 Å². The summed E-state index contributed by atoms with van der Waals surface area (Å²) in [7, 11) is 0. The van der Waals surface area contributed by atoms with E-state index >= 15 is 0 Å². The van der Waals surface area contributed by atoms with Gasteiger partial charge in [0, 0.05) is 19.0 Å². The van der Waals surface area contributed by atoms with E-state index in [-0.39, 0.29) is 11.8 Å². The third-order valence-electron chi connectivity index (χ3n) is 4.14. The zero-order valence-electron chi connectivity index (χ0n) is 10.6. The molecule has 1 aliphatic carbocycles. The molecule has 92 valence electrons. The summed E-state index contributed by atoms with van der Waals surface area (Å²) in [5, 5.41) is 9.81. The number of likely N-dealkylation sites (tertiary alicyclic amines) is 1. The first-order valence-corrected chi connectivity index (χ1v) is 6.35. The maximum absolute atomic E-state index is 11.8. The largest absolute Gasteiger partial charge is 0.390 e. The molecule has 1 aliphatic heterocycles. The zero-order valence-corrected chi connectivity index (χ0v) is 10.6. The monoisotopic (exact) mass is 225 g/mol. The Kier molecular flexibility index (Phi) is 2.77. The molecule has 1 saturated heterocycles. The molecule has 16 heavy (non-hydrogen) atoms. The highest BCUT2D eigenvalue weighted by molar-refractivity contribution is 5.78. The molecule has 2 aliphatic rings. The van der Waals surface area contributed by atoms with Crippen LogP contribution in [0.4, 0.5) is 0 Å². The highest BCUT2D eigenvalue weighted by Gasteiger charge is 2.51. The van der Waals surface area contributed by atoms with E-state index in [1.165, 1.54) is 0 Å². The molecule has 0 unspecified atom stereocenters. The third kappa shape index (κ3) is 2.10. The molecule has 3 heteroatoms. The van der Waals surface area contributed by atoms with Crippen LogP contribution in [0.15, 0.2) is 0 Å². The summed E-state index contributed by atoms with van der Waals surface area (Å²) in [4.78, 5) is 13.8. The molecule has 0 aromatic rings. The Morgan fingerprint density at radius 2 is 1.75 bits per heavy atom. The minimum atomic E-state index is -0.440. The van der Waals surface area contributed by atoms with Crippen molar-refractivity contribution in [2.75, 3.05) is 13.1 Å². The molecule has 0 bridgehead atoms. The number of amides is 1. The first-order valence-electron chi connectivity index (χ1n) is 6.35. The summed E-state index contributed by atoms with van der Waals surface area (Å²) in [6, 6.07) is 0. The van der Waals surface area contributed by atoms with Crippen molar-refractivity contribution in [1.82, 2.24) is 4.90 Å². The molecule has 0 aromatic heterocycles. The van der Waals surface area contributed by atoms with Crippen molar-refractivity contribution in [1.29, 1.82) is 0 Å². The molecule has 1 amide bonds. The van der Waals surface area contributed by atoms with Gasteiger partial charge in [-0.1, -0.05) is 13.8 Å². The van der Waals surface area contributed by atoms with Crippen LogP contribution in [-0.4, -0.2) is 34.6 Å². The van der Waals surface area contributed by atoms with Crippen molar-refractivity contribution < 1.29 is 9.90 Å². The van der Waals surface area contributed by atoms with Gasteiger partial charge in [0.1, 0.15) is 0 Å². The second-order valence-corrected chi connectivity index (χ2v) is 6.33. The molecule has 1 saturated carbocycles. The quantitative estimate of drug-likeness (QED) is 0.739. The van der Waals surface area contributed by atoms with Gasteiger partial charge >= 0.3 is 0 Å². The Labute approximate surface area is 97.8 Å². The predicted octanol–water partition coefficient (Wildman–Crippen LogP) is 1.80. The van der Waals surface area contributed by atoms with Gasteiger partial charge < -0.3 is 10.0 Å². The van der Waals surface area contributed by atoms with Crippen molar-refractivity contribution in [2.24, 2.45) is 11.3 Å². The van der Waals surface area contributed by atoms with Gasteiger partial charge in [0.25, 0.3) is 0 Å². The van der Waals surface area contributed by atoms with Crippen LogP contribution in [0.5, 0.6) is 0 Å². The van der Waals surface area contributed by atoms with Gasteiger partial charge in [0.2, 0.25) is 5.91 Å². The highest BCUT2D eigenvalue weighted by Crippen LogP contribution is 2.54. The fourth-order valence-corrected chi connectivity index (χ4v) is 3.48. The van der Waals surface area contributed by atoms with Crippen LogP contribution in [0.1, 0.15) is 46.5 Å². The number of hydrogen-bond acceptors (Lipinski definition) is 2. The number of piperidine rings is 1. The minimum Gasteiger partial charge on any atom is -0.390 e. The standard InChI is InChI=1S/C13H23NO2/c1-10(2)11(15)14-6-4-13(5-7-14)8-12(3,16)9-13/h10,16H,4-9H2,1-3H3. The highest BCUT2D eigenvalue weighted by atomic mass is 16.3. The minimum absolute atomic E-state index is 0.110. The Bertz CT molecular complexity index is 278. The van der Waals surface area contributed by atoms with Gasteiger partial charge in [0.15, 0.2) is 0 Å². The first-order chi connectivity index (χ1) is 7.34. The lowest BCUT2D eigenvalue weighted by Gasteiger charge is -2.55. The number of hydrogen-bond donors (Lipinski definition) is 1. The van der Waals surface area contributed by atoms with E-state index in [9.17, 15) is 9.90 Å². The lowest BCUT2D eigenvalue weighted by atomic mass is 9.56. The lowest BCUT2D eigenvalue weighted by Crippen LogP contribution is -2.55. The summed E-state index contributed by atoms with van der Waals surface area (Å²) in [6.45, 7) is 7.60. The van der Waals surface area contributed by atoms with Gasteiger partial charge in [-0.25, -0.2) is 0 Å². The van der Waals surface area contributed by atoms with E-state index in [0.29, 0.717) is 5.41 Å². The van der Waals surface area contributed by atoms with E-state index in [1.807, 2.05) is 25.7 Å². The van der Waals surface area contributed by atoms with Crippen molar-refractivity contribution in [3.8, 4) is 0 Å². The van der Waals surface area contributed by atoms with Gasteiger partial charge in [-0.2, -0.15) is 0 Å². The van der Waals surface area contributed by atoms with E-state index in [4.69, 9.17) is 0 Å². The van der Waals surface area contributed by atoms with Gasteiger partial charge in [-0.15, -0.1) is 0 Å². The molecule has 0 atom stereocenters. The number of nitrogens with zero attached hydrogens (tertiary/aromatic N) is 1. The molecule has 0 radical (unpaired) electrons. The van der Waals surface area contributed by atoms with Gasteiger partial charge in [-0.3, -0.25) is 4.79 Å². The predicted molar refractivity (Wildman–Crippen MR) is 62.9 cm³/mol. The van der Waals surface area contributed by atoms with Crippen molar-refractivity contribution in [3.05, 3.63) is 0 Å². The average molecular weight is 225 g/mol. The maximum atomic E-state index is 11.8. The van der Waals surface area contributed by atoms with Crippen LogP contribution in [0.2, 0.25) is 0 Å². The summed E-state index contributed by atoms with van der Waals surface area (Å²) in [5.74, 6) is 0.388. The molecule has 1 spiro atoms. The second-order valence-electron chi connectivity index (χ2n) is 6.33.